The van der Waals surface area contributed by atoms with Crippen LogP contribution in [0, 0.1) is 0 Å². The third kappa shape index (κ3) is 4.69. The molecule has 0 aliphatic heterocycles. The third-order valence-corrected chi connectivity index (χ3v) is 6.23. The lowest BCUT2D eigenvalue weighted by atomic mass is 10.2. The minimum Gasteiger partial charge on any atom is -0.497 e. The smallest absolute Gasteiger partial charge is 0.238 e. The zero-order valence-electron chi connectivity index (χ0n) is 16.7. The van der Waals surface area contributed by atoms with E-state index in [1.807, 2.05) is 11.5 Å². The summed E-state index contributed by atoms with van der Waals surface area (Å²) in [5.41, 5.74) is 1.80. The molecule has 0 radical (unpaired) electrons. The standard InChI is InChI=1S/C19H22N4O5S2/c1-4-23-16-8-6-13(30(20,25)26)10-15(16)22-19(23)29-11-18(24)21-14-7-5-12(27-2)9-17(14)28-3/h5-10H,4,11H2,1-3H3,(H,21,24)(H2,20,25,26). The molecule has 0 saturated heterocycles. The van der Waals surface area contributed by atoms with Crippen molar-refractivity contribution < 1.29 is 22.7 Å². The van der Waals surface area contributed by atoms with Crippen molar-refractivity contribution in [3.63, 3.8) is 0 Å². The molecule has 0 aliphatic rings. The van der Waals surface area contributed by atoms with Crippen molar-refractivity contribution in [2.75, 3.05) is 25.3 Å². The quantitative estimate of drug-likeness (QED) is 0.505. The van der Waals surface area contributed by atoms with Crippen LogP contribution in [0.25, 0.3) is 11.0 Å². The first-order chi connectivity index (χ1) is 14.3. The van der Waals surface area contributed by atoms with Gasteiger partial charge in [-0.15, -0.1) is 0 Å². The van der Waals surface area contributed by atoms with Gasteiger partial charge in [0, 0.05) is 12.6 Å². The Hall–Kier alpha value is -2.76. The average Bonchev–Trinajstić information content (AvgIpc) is 3.08. The van der Waals surface area contributed by atoms with Crippen LogP contribution in [0.1, 0.15) is 6.92 Å². The maximum absolute atomic E-state index is 12.5. The molecule has 1 heterocycles. The summed E-state index contributed by atoms with van der Waals surface area (Å²) in [6, 6.07) is 9.66. The van der Waals surface area contributed by atoms with Gasteiger partial charge in [0.15, 0.2) is 5.16 Å². The summed E-state index contributed by atoms with van der Waals surface area (Å²) in [4.78, 5) is 16.9. The fourth-order valence-corrected chi connectivity index (χ4v) is 4.31. The van der Waals surface area contributed by atoms with Gasteiger partial charge in [0.05, 0.1) is 41.6 Å². The Balaban J connectivity index is 1.77. The largest absolute Gasteiger partial charge is 0.497 e. The van der Waals surface area contributed by atoms with Crippen molar-refractivity contribution >= 4 is 44.4 Å². The van der Waals surface area contributed by atoms with Gasteiger partial charge < -0.3 is 19.4 Å². The third-order valence-electron chi connectivity index (χ3n) is 4.34. The SMILES string of the molecule is CCn1c(SCC(=O)Nc2ccc(OC)cc2OC)nc2cc(S(N)(=O)=O)ccc21. The zero-order valence-corrected chi connectivity index (χ0v) is 18.3. The molecule has 11 heteroatoms. The van der Waals surface area contributed by atoms with Gasteiger partial charge in [0.1, 0.15) is 11.5 Å². The van der Waals surface area contributed by atoms with Crippen LogP contribution in [0.3, 0.4) is 0 Å². The van der Waals surface area contributed by atoms with Gasteiger partial charge in [-0.3, -0.25) is 4.79 Å². The van der Waals surface area contributed by atoms with Crippen LogP contribution in [0.2, 0.25) is 0 Å². The summed E-state index contributed by atoms with van der Waals surface area (Å²) in [6.07, 6.45) is 0. The predicted octanol–water partition coefficient (Wildman–Crippen LogP) is 2.45. The number of amides is 1. The molecule has 1 amide bonds. The van der Waals surface area contributed by atoms with Gasteiger partial charge in [-0.05, 0) is 37.3 Å². The van der Waals surface area contributed by atoms with Gasteiger partial charge in [-0.2, -0.15) is 0 Å². The lowest BCUT2D eigenvalue weighted by molar-refractivity contribution is -0.113. The number of carbonyl (C=O) groups is 1. The minimum absolute atomic E-state index is 0.00310. The Labute approximate surface area is 178 Å². The molecule has 1 aromatic heterocycles. The molecule has 0 aliphatic carbocycles. The van der Waals surface area contributed by atoms with E-state index in [4.69, 9.17) is 14.6 Å². The second-order valence-electron chi connectivity index (χ2n) is 6.24. The van der Waals surface area contributed by atoms with E-state index >= 15 is 0 Å². The number of hydrogen-bond donors (Lipinski definition) is 2. The number of carbonyl (C=O) groups excluding carboxylic acids is 1. The van der Waals surface area contributed by atoms with E-state index < -0.39 is 10.0 Å². The number of rotatable bonds is 8. The lowest BCUT2D eigenvalue weighted by Crippen LogP contribution is -2.15. The molecule has 0 spiro atoms. The molecular formula is C19H22N4O5S2. The highest BCUT2D eigenvalue weighted by Gasteiger charge is 2.16. The number of imidazole rings is 1. The summed E-state index contributed by atoms with van der Waals surface area (Å²) in [5.74, 6) is 0.989. The molecule has 0 saturated carbocycles. The Morgan fingerprint density at radius 3 is 2.60 bits per heavy atom. The van der Waals surface area contributed by atoms with Gasteiger partial charge in [-0.25, -0.2) is 18.5 Å². The molecule has 30 heavy (non-hydrogen) atoms. The van der Waals surface area contributed by atoms with E-state index in [2.05, 4.69) is 10.3 Å². The fraction of sp³-hybridized carbons (Fsp3) is 0.263. The van der Waals surface area contributed by atoms with E-state index in [0.717, 1.165) is 5.52 Å². The Morgan fingerprint density at radius 1 is 1.20 bits per heavy atom. The zero-order chi connectivity index (χ0) is 21.9. The number of benzene rings is 2. The average molecular weight is 451 g/mol. The lowest BCUT2D eigenvalue weighted by Gasteiger charge is -2.11. The van der Waals surface area contributed by atoms with E-state index in [-0.39, 0.29) is 16.6 Å². The van der Waals surface area contributed by atoms with Crippen molar-refractivity contribution in [3.8, 4) is 11.5 Å². The first-order valence-electron chi connectivity index (χ1n) is 8.94. The number of ether oxygens (including phenoxy) is 2. The molecule has 3 N–H and O–H groups in total. The number of nitrogens with two attached hydrogens (primary N) is 1. The predicted molar refractivity (Wildman–Crippen MR) is 116 cm³/mol. The molecule has 3 aromatic rings. The first kappa shape index (κ1) is 21.9. The number of thioether (sulfide) groups is 1. The molecular weight excluding hydrogens is 428 g/mol. The highest BCUT2D eigenvalue weighted by atomic mass is 32.2. The van der Waals surface area contributed by atoms with Crippen molar-refractivity contribution in [2.45, 2.75) is 23.5 Å². The molecule has 2 aromatic carbocycles. The van der Waals surface area contributed by atoms with Crippen LogP contribution in [0.4, 0.5) is 5.69 Å². The van der Waals surface area contributed by atoms with Crippen LogP contribution in [-0.4, -0.2) is 43.8 Å². The number of anilines is 1. The number of nitrogens with zero attached hydrogens (tertiary/aromatic N) is 2. The number of nitrogens with one attached hydrogen (secondary N) is 1. The molecule has 3 rings (SSSR count). The Bertz CT molecular complexity index is 1190. The maximum atomic E-state index is 12.5. The monoisotopic (exact) mass is 450 g/mol. The Morgan fingerprint density at radius 2 is 1.97 bits per heavy atom. The van der Waals surface area contributed by atoms with E-state index in [1.165, 1.54) is 31.0 Å². The number of primary sulfonamides is 1. The molecule has 0 fully saturated rings. The summed E-state index contributed by atoms with van der Waals surface area (Å²) in [5, 5.41) is 8.62. The van der Waals surface area contributed by atoms with Crippen molar-refractivity contribution in [2.24, 2.45) is 5.14 Å². The van der Waals surface area contributed by atoms with E-state index in [1.54, 1.807) is 31.4 Å². The van der Waals surface area contributed by atoms with Gasteiger partial charge >= 0.3 is 0 Å². The van der Waals surface area contributed by atoms with Crippen LogP contribution >= 0.6 is 11.8 Å². The van der Waals surface area contributed by atoms with Gasteiger partial charge in [-0.1, -0.05) is 11.8 Å². The Kier molecular flexibility index (Phi) is 6.54. The van der Waals surface area contributed by atoms with Gasteiger partial charge in [0.2, 0.25) is 15.9 Å². The fourth-order valence-electron chi connectivity index (χ4n) is 2.90. The highest BCUT2D eigenvalue weighted by Crippen LogP contribution is 2.30. The van der Waals surface area contributed by atoms with Crippen molar-refractivity contribution in [3.05, 3.63) is 36.4 Å². The number of fused-ring (bicyclic) bond motifs is 1. The molecule has 0 unspecified atom stereocenters. The second-order valence-corrected chi connectivity index (χ2v) is 8.74. The summed E-state index contributed by atoms with van der Waals surface area (Å²) in [6.45, 7) is 2.56. The number of aryl methyl sites for hydroxylation is 1. The van der Waals surface area contributed by atoms with E-state index in [9.17, 15) is 13.2 Å². The molecule has 0 atom stereocenters. The summed E-state index contributed by atoms with van der Waals surface area (Å²) in [7, 11) is -0.754. The minimum atomic E-state index is -3.82. The van der Waals surface area contributed by atoms with Crippen molar-refractivity contribution in [1.82, 2.24) is 9.55 Å². The second kappa shape index (κ2) is 8.94. The van der Waals surface area contributed by atoms with E-state index in [0.29, 0.717) is 34.4 Å². The van der Waals surface area contributed by atoms with Crippen LogP contribution in [-0.2, 0) is 21.4 Å². The number of sulfonamides is 1. The maximum Gasteiger partial charge on any atom is 0.238 e. The molecule has 160 valence electrons. The number of hydrogen-bond acceptors (Lipinski definition) is 7. The highest BCUT2D eigenvalue weighted by molar-refractivity contribution is 7.99. The summed E-state index contributed by atoms with van der Waals surface area (Å²) < 4.78 is 35.5. The molecule has 0 bridgehead atoms. The molecule has 9 nitrogen and oxygen atoms in total. The normalized spacial score (nSPS) is 11.5. The number of methoxy groups -OCH3 is 2. The number of aromatic nitrogens is 2. The first-order valence-corrected chi connectivity index (χ1v) is 11.5. The summed E-state index contributed by atoms with van der Waals surface area (Å²) >= 11 is 1.25. The topological polar surface area (TPSA) is 126 Å². The van der Waals surface area contributed by atoms with Crippen LogP contribution in [0.5, 0.6) is 11.5 Å². The van der Waals surface area contributed by atoms with Crippen molar-refractivity contribution in [1.29, 1.82) is 0 Å². The van der Waals surface area contributed by atoms with Crippen LogP contribution < -0.4 is 19.9 Å². The van der Waals surface area contributed by atoms with Crippen LogP contribution in [0.15, 0.2) is 46.5 Å². The van der Waals surface area contributed by atoms with Gasteiger partial charge in [0.25, 0.3) is 0 Å².